The highest BCUT2D eigenvalue weighted by Crippen LogP contribution is 2.26. The van der Waals surface area contributed by atoms with Crippen molar-refractivity contribution < 1.29 is 18.7 Å². The van der Waals surface area contributed by atoms with E-state index in [1.807, 2.05) is 37.6 Å². The summed E-state index contributed by atoms with van der Waals surface area (Å²) in [5, 5.41) is 2.73. The summed E-state index contributed by atoms with van der Waals surface area (Å²) in [6.07, 6.45) is 3.03. The summed E-state index contributed by atoms with van der Waals surface area (Å²) in [7, 11) is 0. The zero-order chi connectivity index (χ0) is 20.3. The van der Waals surface area contributed by atoms with Crippen LogP contribution in [0.3, 0.4) is 0 Å². The molecule has 1 aromatic carbocycles. The predicted octanol–water partition coefficient (Wildman–Crippen LogP) is 4.45. The van der Waals surface area contributed by atoms with Crippen LogP contribution in [0.4, 0.5) is 14.9 Å². The monoisotopic (exact) mass is 387 g/mol. The molecule has 1 aliphatic rings. The van der Waals surface area contributed by atoms with Crippen LogP contribution in [-0.4, -0.2) is 40.2 Å². The fourth-order valence-corrected chi connectivity index (χ4v) is 3.32. The maximum Gasteiger partial charge on any atom is 0.410 e. The standard InChI is InChI=1S/C21H26FN3O3/c1-21(2,3)28-20(27)24-12-9-17(10-13-24)25-11-5-8-18(25)19(26)23-16-7-4-6-15(22)14-16/h4-8,11,14,17H,9-10,12-13H2,1-3H3,(H,23,26). The van der Waals surface area contributed by atoms with Crippen LogP contribution in [0.25, 0.3) is 0 Å². The highest BCUT2D eigenvalue weighted by atomic mass is 19.1. The lowest BCUT2D eigenvalue weighted by Crippen LogP contribution is -2.42. The third kappa shape index (κ3) is 4.91. The second-order valence-corrected chi connectivity index (χ2v) is 7.96. The molecule has 0 radical (unpaired) electrons. The number of ether oxygens (including phenoxy) is 1. The van der Waals surface area contributed by atoms with E-state index >= 15 is 0 Å². The van der Waals surface area contributed by atoms with Crippen molar-refractivity contribution >= 4 is 17.7 Å². The zero-order valence-electron chi connectivity index (χ0n) is 16.4. The molecule has 0 atom stereocenters. The number of benzene rings is 1. The van der Waals surface area contributed by atoms with E-state index in [0.29, 0.717) is 24.5 Å². The number of halogens is 1. The molecule has 28 heavy (non-hydrogen) atoms. The van der Waals surface area contributed by atoms with E-state index in [-0.39, 0.29) is 18.0 Å². The summed E-state index contributed by atoms with van der Waals surface area (Å²) in [5.74, 6) is -0.687. The number of amides is 2. The molecule has 3 rings (SSSR count). The summed E-state index contributed by atoms with van der Waals surface area (Å²) in [4.78, 5) is 26.6. The fraction of sp³-hybridized carbons (Fsp3) is 0.429. The highest BCUT2D eigenvalue weighted by molar-refractivity contribution is 6.03. The van der Waals surface area contributed by atoms with Gasteiger partial charge >= 0.3 is 6.09 Å². The first kappa shape index (κ1) is 19.9. The molecule has 0 aliphatic carbocycles. The van der Waals surface area contributed by atoms with Gasteiger partial charge < -0.3 is 19.5 Å². The van der Waals surface area contributed by atoms with E-state index in [2.05, 4.69) is 5.32 Å². The first-order valence-electron chi connectivity index (χ1n) is 9.44. The van der Waals surface area contributed by atoms with Gasteiger partial charge in [0.25, 0.3) is 5.91 Å². The zero-order valence-corrected chi connectivity index (χ0v) is 16.4. The van der Waals surface area contributed by atoms with Crippen LogP contribution in [0.1, 0.15) is 50.1 Å². The Kier molecular flexibility index (Phi) is 5.72. The highest BCUT2D eigenvalue weighted by Gasteiger charge is 2.28. The van der Waals surface area contributed by atoms with Crippen LogP contribution in [0, 0.1) is 5.82 Å². The van der Waals surface area contributed by atoms with E-state index in [9.17, 15) is 14.0 Å². The first-order valence-corrected chi connectivity index (χ1v) is 9.44. The Morgan fingerprint density at radius 2 is 1.86 bits per heavy atom. The molecule has 0 spiro atoms. The van der Waals surface area contributed by atoms with Gasteiger partial charge in [0.2, 0.25) is 0 Å². The molecule has 6 nitrogen and oxygen atoms in total. The van der Waals surface area contributed by atoms with Crippen LogP contribution < -0.4 is 5.32 Å². The summed E-state index contributed by atoms with van der Waals surface area (Å²) in [6, 6.07) is 9.49. The number of nitrogens with zero attached hydrogens (tertiary/aromatic N) is 2. The van der Waals surface area contributed by atoms with Gasteiger partial charge in [-0.15, -0.1) is 0 Å². The average molecular weight is 387 g/mol. The number of anilines is 1. The average Bonchev–Trinajstić information content (AvgIpc) is 3.10. The number of piperidine rings is 1. The third-order valence-electron chi connectivity index (χ3n) is 4.60. The van der Waals surface area contributed by atoms with Crippen LogP contribution in [0.2, 0.25) is 0 Å². The summed E-state index contributed by atoms with van der Waals surface area (Å²) in [5.41, 5.74) is 0.411. The molecule has 1 aliphatic heterocycles. The maximum absolute atomic E-state index is 13.3. The fourth-order valence-electron chi connectivity index (χ4n) is 3.32. The van der Waals surface area contributed by atoms with Crippen molar-refractivity contribution in [3.05, 3.63) is 54.1 Å². The topological polar surface area (TPSA) is 63.6 Å². The van der Waals surface area contributed by atoms with Gasteiger partial charge in [0.15, 0.2) is 0 Å². The van der Waals surface area contributed by atoms with Crippen LogP contribution in [0.15, 0.2) is 42.6 Å². The van der Waals surface area contributed by atoms with E-state index in [0.717, 1.165) is 12.8 Å². The second kappa shape index (κ2) is 8.04. The van der Waals surface area contributed by atoms with Crippen molar-refractivity contribution in [1.82, 2.24) is 9.47 Å². The summed E-state index contributed by atoms with van der Waals surface area (Å²) in [6.45, 7) is 6.69. The van der Waals surface area contributed by atoms with Gasteiger partial charge in [-0.05, 0) is 63.9 Å². The largest absolute Gasteiger partial charge is 0.444 e. The minimum absolute atomic E-state index is 0.113. The van der Waals surface area contributed by atoms with Gasteiger partial charge in [0.05, 0.1) is 0 Å². The van der Waals surface area contributed by atoms with Crippen molar-refractivity contribution in [1.29, 1.82) is 0 Å². The molecule has 0 unspecified atom stereocenters. The number of carbonyl (C=O) groups excluding carboxylic acids is 2. The molecule has 150 valence electrons. The number of hydrogen-bond donors (Lipinski definition) is 1. The second-order valence-electron chi connectivity index (χ2n) is 7.96. The predicted molar refractivity (Wildman–Crippen MR) is 105 cm³/mol. The number of rotatable bonds is 3. The quantitative estimate of drug-likeness (QED) is 0.846. The minimum Gasteiger partial charge on any atom is -0.444 e. The Hall–Kier alpha value is -2.83. The summed E-state index contributed by atoms with van der Waals surface area (Å²) < 4.78 is 20.7. The SMILES string of the molecule is CC(C)(C)OC(=O)N1CCC(n2cccc2C(=O)Nc2cccc(F)c2)CC1. The number of hydrogen-bond acceptors (Lipinski definition) is 3. The number of aromatic nitrogens is 1. The molecule has 1 fully saturated rings. The minimum atomic E-state index is -0.517. The Morgan fingerprint density at radius 3 is 2.50 bits per heavy atom. The Bertz CT molecular complexity index is 849. The molecule has 1 saturated heterocycles. The van der Waals surface area contributed by atoms with Crippen molar-refractivity contribution in [2.24, 2.45) is 0 Å². The Morgan fingerprint density at radius 1 is 1.14 bits per heavy atom. The Balaban J connectivity index is 1.63. The molecule has 0 saturated carbocycles. The van der Waals surface area contributed by atoms with Crippen molar-refractivity contribution in [2.45, 2.75) is 45.3 Å². The lowest BCUT2D eigenvalue weighted by molar-refractivity contribution is 0.0187. The van der Waals surface area contributed by atoms with Crippen molar-refractivity contribution in [3.8, 4) is 0 Å². The van der Waals surface area contributed by atoms with Crippen molar-refractivity contribution in [2.75, 3.05) is 18.4 Å². The molecule has 2 heterocycles. The van der Waals surface area contributed by atoms with Gasteiger partial charge in [0, 0.05) is 31.0 Å². The van der Waals surface area contributed by atoms with Gasteiger partial charge in [-0.25, -0.2) is 9.18 Å². The van der Waals surface area contributed by atoms with Crippen molar-refractivity contribution in [3.63, 3.8) is 0 Å². The lowest BCUT2D eigenvalue weighted by atomic mass is 10.0. The van der Waals surface area contributed by atoms with Crippen LogP contribution in [0.5, 0.6) is 0 Å². The molecular weight excluding hydrogens is 361 g/mol. The smallest absolute Gasteiger partial charge is 0.410 e. The van der Waals surface area contributed by atoms with Crippen LogP contribution >= 0.6 is 0 Å². The normalized spacial score (nSPS) is 15.4. The van der Waals surface area contributed by atoms with E-state index in [1.54, 1.807) is 23.1 Å². The van der Waals surface area contributed by atoms with Gasteiger partial charge in [-0.3, -0.25) is 4.79 Å². The molecular formula is C21H26FN3O3. The van der Waals surface area contributed by atoms with Crippen LogP contribution in [-0.2, 0) is 4.74 Å². The number of likely N-dealkylation sites (tertiary alicyclic amines) is 1. The number of carbonyl (C=O) groups is 2. The van der Waals surface area contributed by atoms with E-state index < -0.39 is 11.4 Å². The van der Waals surface area contributed by atoms with Gasteiger partial charge in [0.1, 0.15) is 17.1 Å². The van der Waals surface area contributed by atoms with Gasteiger partial charge in [-0.2, -0.15) is 0 Å². The number of nitrogens with one attached hydrogen (secondary N) is 1. The Labute approximate surface area is 164 Å². The third-order valence-corrected chi connectivity index (χ3v) is 4.60. The lowest BCUT2D eigenvalue weighted by Gasteiger charge is -2.34. The first-order chi connectivity index (χ1) is 13.2. The van der Waals surface area contributed by atoms with E-state index in [4.69, 9.17) is 4.74 Å². The molecule has 0 bridgehead atoms. The molecule has 1 aromatic heterocycles. The molecule has 2 aromatic rings. The van der Waals surface area contributed by atoms with E-state index in [1.165, 1.54) is 12.1 Å². The molecule has 2 amide bonds. The maximum atomic E-state index is 13.3. The summed E-state index contributed by atoms with van der Waals surface area (Å²) >= 11 is 0. The molecule has 7 heteroatoms. The van der Waals surface area contributed by atoms with Gasteiger partial charge in [-0.1, -0.05) is 6.07 Å². The molecule has 1 N–H and O–H groups in total.